The van der Waals surface area contributed by atoms with Crippen LogP contribution in [-0.2, 0) is 10.8 Å². The molecular weight excluding hydrogens is 893 g/mol. The third-order valence-electron chi connectivity index (χ3n) is 16.3. The van der Waals surface area contributed by atoms with Crippen LogP contribution in [0.5, 0.6) is 0 Å². The molecule has 0 saturated carbocycles. The first-order valence-corrected chi connectivity index (χ1v) is 25.7. The Morgan fingerprint density at radius 1 is 0.284 bits per heavy atom. The molecule has 0 N–H and O–H groups in total. The van der Waals surface area contributed by atoms with Crippen molar-refractivity contribution in [2.75, 3.05) is 4.90 Å². The van der Waals surface area contributed by atoms with E-state index < -0.39 is 10.8 Å². The van der Waals surface area contributed by atoms with Crippen LogP contribution in [0.3, 0.4) is 0 Å². The Morgan fingerprint density at radius 3 is 1.61 bits per heavy atom. The Morgan fingerprint density at radius 2 is 0.824 bits per heavy atom. The van der Waals surface area contributed by atoms with Gasteiger partial charge in [0.15, 0.2) is 0 Å². The smallest absolute Gasteiger partial charge is 0.0720 e. The lowest BCUT2D eigenvalue weighted by Crippen LogP contribution is -2.44. The summed E-state index contributed by atoms with van der Waals surface area (Å²) in [6.07, 6.45) is 0. The summed E-state index contributed by atoms with van der Waals surface area (Å²) >= 11 is 0. The molecule has 1 heterocycles. The van der Waals surface area contributed by atoms with Gasteiger partial charge < -0.3 is 9.47 Å². The number of anilines is 3. The van der Waals surface area contributed by atoms with Gasteiger partial charge in [-0.25, -0.2) is 0 Å². The van der Waals surface area contributed by atoms with Crippen molar-refractivity contribution in [3.63, 3.8) is 0 Å². The fourth-order valence-corrected chi connectivity index (χ4v) is 13.3. The van der Waals surface area contributed by atoms with E-state index in [-0.39, 0.29) is 0 Å². The molecular formula is C72H48N2. The van der Waals surface area contributed by atoms with Crippen LogP contribution in [0.25, 0.3) is 60.5 Å². The maximum Gasteiger partial charge on any atom is 0.0720 e. The zero-order valence-electron chi connectivity index (χ0n) is 40.6. The molecule has 0 fully saturated rings. The summed E-state index contributed by atoms with van der Waals surface area (Å²) in [7, 11) is 0. The Kier molecular flexibility index (Phi) is 9.43. The van der Waals surface area contributed by atoms with Crippen molar-refractivity contribution >= 4 is 49.6 Å². The summed E-state index contributed by atoms with van der Waals surface area (Å²) < 4.78 is 2.45. The summed E-state index contributed by atoms with van der Waals surface area (Å²) in [5, 5.41) is 4.89. The Hall–Kier alpha value is -9.50. The average Bonchev–Trinajstić information content (AvgIpc) is 4.10. The van der Waals surface area contributed by atoms with Crippen LogP contribution in [0.2, 0.25) is 0 Å². The van der Waals surface area contributed by atoms with Crippen LogP contribution in [0.15, 0.2) is 291 Å². The van der Waals surface area contributed by atoms with Gasteiger partial charge in [-0.05, 0) is 132 Å². The molecule has 2 aliphatic carbocycles. The highest BCUT2D eigenvalue weighted by molar-refractivity contribution is 6.10. The van der Waals surface area contributed by atoms with Crippen LogP contribution in [0, 0.1) is 0 Å². The molecule has 1 aromatic heterocycles. The van der Waals surface area contributed by atoms with Gasteiger partial charge in [-0.3, -0.25) is 0 Å². The summed E-state index contributed by atoms with van der Waals surface area (Å²) in [4.78, 5) is 2.47. The summed E-state index contributed by atoms with van der Waals surface area (Å²) in [6.45, 7) is 0. The van der Waals surface area contributed by atoms with Crippen molar-refractivity contribution in [3.05, 3.63) is 336 Å². The van der Waals surface area contributed by atoms with Crippen LogP contribution in [-0.4, -0.2) is 4.57 Å². The average molecular weight is 941 g/mol. The molecule has 2 atom stereocenters. The maximum atomic E-state index is 2.48. The van der Waals surface area contributed by atoms with E-state index in [1.807, 2.05) is 0 Å². The van der Waals surface area contributed by atoms with E-state index in [0.717, 1.165) is 28.3 Å². The van der Waals surface area contributed by atoms with Gasteiger partial charge in [0.2, 0.25) is 0 Å². The van der Waals surface area contributed by atoms with E-state index in [1.54, 1.807) is 0 Å². The Bertz CT molecular complexity index is 4310. The highest BCUT2D eigenvalue weighted by Crippen LogP contribution is 2.66. The Labute approximate surface area is 431 Å². The van der Waals surface area contributed by atoms with Crippen LogP contribution in [0.4, 0.5) is 17.1 Å². The molecule has 346 valence electrons. The predicted molar refractivity (Wildman–Crippen MR) is 308 cm³/mol. The maximum absolute atomic E-state index is 2.48. The molecule has 0 aliphatic heterocycles. The lowest BCUT2D eigenvalue weighted by Gasteiger charge is -2.49. The minimum absolute atomic E-state index is 0.526. The van der Waals surface area contributed by atoms with Crippen molar-refractivity contribution in [3.8, 4) is 27.9 Å². The topological polar surface area (TPSA) is 8.17 Å². The Balaban J connectivity index is 1.00. The van der Waals surface area contributed by atoms with Gasteiger partial charge in [-0.2, -0.15) is 0 Å². The molecule has 0 bridgehead atoms. The number of nitrogens with zero attached hydrogens (tertiary/aromatic N) is 2. The highest BCUT2D eigenvalue weighted by atomic mass is 15.1. The molecule has 0 saturated heterocycles. The second kappa shape index (κ2) is 16.5. The fraction of sp³-hybridized carbons (Fsp3) is 0.0278. The fourth-order valence-electron chi connectivity index (χ4n) is 13.3. The van der Waals surface area contributed by atoms with Crippen molar-refractivity contribution in [1.29, 1.82) is 0 Å². The predicted octanol–water partition coefficient (Wildman–Crippen LogP) is 18.1. The second-order valence-corrected chi connectivity index (χ2v) is 19.9. The van der Waals surface area contributed by atoms with Gasteiger partial charge in [0.25, 0.3) is 0 Å². The quantitative estimate of drug-likeness (QED) is 0.147. The number of para-hydroxylation sites is 1. The minimum atomic E-state index is -0.700. The summed E-state index contributed by atoms with van der Waals surface area (Å²) in [5.74, 6) is 0. The van der Waals surface area contributed by atoms with E-state index in [9.17, 15) is 0 Å². The monoisotopic (exact) mass is 940 g/mol. The van der Waals surface area contributed by atoms with Gasteiger partial charge in [0, 0.05) is 33.5 Å². The number of hydrogen-bond donors (Lipinski definition) is 0. The van der Waals surface area contributed by atoms with Crippen molar-refractivity contribution in [2.45, 2.75) is 10.8 Å². The van der Waals surface area contributed by atoms with Crippen molar-refractivity contribution in [2.24, 2.45) is 0 Å². The van der Waals surface area contributed by atoms with Gasteiger partial charge >= 0.3 is 0 Å². The summed E-state index contributed by atoms with van der Waals surface area (Å²) in [5.41, 5.74) is 20.7. The molecule has 0 amide bonds. The zero-order valence-corrected chi connectivity index (χ0v) is 40.6. The van der Waals surface area contributed by atoms with Gasteiger partial charge in [0.05, 0.1) is 21.9 Å². The first-order valence-electron chi connectivity index (χ1n) is 25.7. The normalized spacial score (nSPS) is 16.2. The van der Waals surface area contributed by atoms with Gasteiger partial charge in [0.1, 0.15) is 0 Å². The SMILES string of the molecule is c1ccc(-c2ccc(N(c3cccc(C4(c5ccccc5)c5ccccc5C5(c6ccccc6)c6ccccc6-c6cccc4c65)c3)c3ccc4c5ccccc5n(-c5ccc6ccccc6c5)c4c3)cc2)cc1. The van der Waals surface area contributed by atoms with Gasteiger partial charge in [-0.15, -0.1) is 0 Å². The first kappa shape index (κ1) is 42.2. The standard InChI is InChI=1S/C72H48N2/c1-4-20-49(21-5-1)51-38-41-56(42-39-51)73(59-44-45-62-61-31-13-17-37-68(61)74(69(62)48-59)58-43-40-50-22-10-11-23-52(50)46-58)57-29-18-28-55(47-57)71(53-24-6-2-7-25-53)65-34-15-16-35-66(65)72(54-26-8-3-9-27-54)64-33-14-12-30-60(64)63-32-19-36-67(71)70(63)72/h1-48H. The molecule has 12 aromatic carbocycles. The molecule has 2 heteroatoms. The lowest BCUT2D eigenvalue weighted by atomic mass is 9.51. The van der Waals surface area contributed by atoms with Crippen LogP contribution >= 0.6 is 0 Å². The molecule has 15 rings (SSSR count). The highest BCUT2D eigenvalue weighted by Gasteiger charge is 2.57. The second-order valence-electron chi connectivity index (χ2n) is 19.9. The molecule has 0 radical (unpaired) electrons. The molecule has 2 unspecified atom stereocenters. The molecule has 0 spiro atoms. The van der Waals surface area contributed by atoms with Crippen molar-refractivity contribution < 1.29 is 0 Å². The first-order chi connectivity index (χ1) is 36.7. The van der Waals surface area contributed by atoms with E-state index in [2.05, 4.69) is 301 Å². The van der Waals surface area contributed by atoms with Crippen molar-refractivity contribution in [1.82, 2.24) is 4.57 Å². The van der Waals surface area contributed by atoms with E-state index in [4.69, 9.17) is 0 Å². The number of aromatic nitrogens is 1. The minimum Gasteiger partial charge on any atom is -0.310 e. The van der Waals surface area contributed by atoms with E-state index in [1.165, 1.54) is 93.8 Å². The van der Waals surface area contributed by atoms with Crippen LogP contribution in [0.1, 0.15) is 44.5 Å². The number of hydrogen-bond acceptors (Lipinski definition) is 1. The molecule has 2 nitrogen and oxygen atoms in total. The third kappa shape index (κ3) is 6.00. The number of fused-ring (bicyclic) bond motifs is 9. The summed E-state index contributed by atoms with van der Waals surface area (Å²) in [6, 6.07) is 109. The largest absolute Gasteiger partial charge is 0.310 e. The van der Waals surface area contributed by atoms with Gasteiger partial charge in [-0.1, -0.05) is 237 Å². The van der Waals surface area contributed by atoms with Crippen LogP contribution < -0.4 is 4.90 Å². The molecule has 2 aliphatic rings. The van der Waals surface area contributed by atoms with E-state index in [0.29, 0.717) is 0 Å². The third-order valence-corrected chi connectivity index (χ3v) is 16.3. The zero-order chi connectivity index (χ0) is 48.8. The molecule has 13 aromatic rings. The molecule has 74 heavy (non-hydrogen) atoms. The number of rotatable bonds is 8. The number of benzene rings is 12. The lowest BCUT2D eigenvalue weighted by molar-refractivity contribution is 0.627. The van der Waals surface area contributed by atoms with E-state index >= 15 is 0 Å².